The minimum absolute atomic E-state index is 0.0898. The summed E-state index contributed by atoms with van der Waals surface area (Å²) < 4.78 is 39.3. The lowest BCUT2D eigenvalue weighted by atomic mass is 9.88. The van der Waals surface area contributed by atoms with Crippen LogP contribution in [-0.2, 0) is 16.5 Å². The van der Waals surface area contributed by atoms with Gasteiger partial charge in [0.2, 0.25) is 0 Å². The summed E-state index contributed by atoms with van der Waals surface area (Å²) in [4.78, 5) is 16.3. The van der Waals surface area contributed by atoms with Crippen LogP contribution in [0.25, 0.3) is 0 Å². The van der Waals surface area contributed by atoms with Gasteiger partial charge < -0.3 is 5.32 Å². The third-order valence-corrected chi connectivity index (χ3v) is 3.21. The maximum Gasteiger partial charge on any atom is 0.416 e. The van der Waals surface area contributed by atoms with Gasteiger partial charge in [-0.05, 0) is 32.4 Å². The van der Waals surface area contributed by atoms with Gasteiger partial charge in [0.15, 0.2) is 5.96 Å². The van der Waals surface area contributed by atoms with Crippen LogP contribution in [0.3, 0.4) is 0 Å². The first-order chi connectivity index (χ1) is 9.64. The van der Waals surface area contributed by atoms with E-state index in [4.69, 9.17) is 0 Å². The molecule has 21 heavy (non-hydrogen) atoms. The number of halogens is 3. The van der Waals surface area contributed by atoms with E-state index in [0.29, 0.717) is 0 Å². The molecule has 114 valence electrons. The highest BCUT2D eigenvalue weighted by atomic mass is 19.4. The second kappa shape index (κ2) is 5.05. The Morgan fingerprint density at radius 3 is 2.43 bits per heavy atom. The molecule has 1 saturated heterocycles. The molecule has 0 aliphatic carbocycles. The van der Waals surface area contributed by atoms with Crippen molar-refractivity contribution < 1.29 is 18.0 Å². The number of rotatable bonds is 2. The third kappa shape index (κ3) is 2.86. The summed E-state index contributed by atoms with van der Waals surface area (Å²) in [5.41, 5.74) is -2.45. The topological polar surface area (TPSA) is 53.5 Å². The van der Waals surface area contributed by atoms with Gasteiger partial charge in [-0.15, -0.1) is 0 Å². The number of hydrogen-bond acceptors (Lipinski definition) is 2. The molecule has 2 N–H and O–H groups in total. The molecule has 1 heterocycles. The fraction of sp³-hybridized carbons (Fsp3) is 0.429. The van der Waals surface area contributed by atoms with E-state index in [-0.39, 0.29) is 17.6 Å². The number of nitrogens with zero attached hydrogens (tertiary/aromatic N) is 1. The van der Waals surface area contributed by atoms with Gasteiger partial charge >= 0.3 is 6.18 Å². The first-order valence-electron chi connectivity index (χ1n) is 6.48. The van der Waals surface area contributed by atoms with Gasteiger partial charge in [-0.3, -0.25) is 15.1 Å². The molecule has 1 fully saturated rings. The Hall–Kier alpha value is -2.05. The number of alkyl halides is 3. The quantitative estimate of drug-likeness (QED) is 0.881. The van der Waals surface area contributed by atoms with Crippen LogP contribution >= 0.6 is 0 Å². The molecular formula is C14H16F3N3O. The van der Waals surface area contributed by atoms with E-state index in [1.165, 1.54) is 25.1 Å². The third-order valence-electron chi connectivity index (χ3n) is 3.21. The van der Waals surface area contributed by atoms with Crippen LogP contribution in [0.2, 0.25) is 0 Å². The number of amides is 1. The predicted molar refractivity (Wildman–Crippen MR) is 72.6 cm³/mol. The molecule has 0 bridgehead atoms. The van der Waals surface area contributed by atoms with Gasteiger partial charge in [-0.2, -0.15) is 13.2 Å². The van der Waals surface area contributed by atoms with Crippen LogP contribution in [-0.4, -0.2) is 17.9 Å². The van der Waals surface area contributed by atoms with Crippen molar-refractivity contribution in [1.82, 2.24) is 10.6 Å². The number of carbonyl (C=O) groups is 1. The Kier molecular flexibility index (Phi) is 3.69. The minimum Gasteiger partial charge on any atom is -0.338 e. The van der Waals surface area contributed by atoms with Crippen molar-refractivity contribution in [3.63, 3.8) is 0 Å². The lowest BCUT2D eigenvalue weighted by Gasteiger charge is -2.25. The highest BCUT2D eigenvalue weighted by molar-refractivity contribution is 6.09. The number of nitrogens with one attached hydrogen (secondary N) is 2. The molecule has 1 aromatic carbocycles. The Balaban J connectivity index is 2.49. The standard InChI is InChI=1S/C14H16F3N3O/c1-8(2)18-12-19-11(21)13(3,20-12)9-6-4-5-7-10(9)14(15,16)17/h4-8H,1-3H3,(H2,18,19,20,21). The van der Waals surface area contributed by atoms with Crippen molar-refractivity contribution in [3.8, 4) is 0 Å². The molecule has 0 radical (unpaired) electrons. The van der Waals surface area contributed by atoms with Gasteiger partial charge in [0.25, 0.3) is 5.91 Å². The van der Waals surface area contributed by atoms with E-state index in [2.05, 4.69) is 15.6 Å². The zero-order chi connectivity index (χ0) is 15.8. The molecule has 2 rings (SSSR count). The van der Waals surface area contributed by atoms with Crippen LogP contribution in [0, 0.1) is 0 Å². The van der Waals surface area contributed by atoms with Crippen molar-refractivity contribution >= 4 is 11.9 Å². The van der Waals surface area contributed by atoms with Crippen molar-refractivity contribution in [1.29, 1.82) is 0 Å². The van der Waals surface area contributed by atoms with E-state index < -0.39 is 23.2 Å². The molecule has 0 aromatic heterocycles. The summed E-state index contributed by atoms with van der Waals surface area (Å²) in [6, 6.07) is 4.95. The Morgan fingerprint density at radius 2 is 1.86 bits per heavy atom. The number of guanidine groups is 1. The second-order valence-corrected chi connectivity index (χ2v) is 5.32. The summed E-state index contributed by atoms with van der Waals surface area (Å²) in [7, 11) is 0. The monoisotopic (exact) mass is 299 g/mol. The molecule has 1 atom stereocenters. The first-order valence-corrected chi connectivity index (χ1v) is 6.48. The van der Waals surface area contributed by atoms with Gasteiger partial charge in [0.05, 0.1) is 5.56 Å². The molecule has 1 aliphatic heterocycles. The fourth-order valence-electron chi connectivity index (χ4n) is 2.24. The fourth-order valence-corrected chi connectivity index (χ4v) is 2.24. The van der Waals surface area contributed by atoms with E-state index in [1.54, 1.807) is 13.8 Å². The zero-order valence-corrected chi connectivity index (χ0v) is 11.9. The van der Waals surface area contributed by atoms with E-state index in [0.717, 1.165) is 6.07 Å². The molecule has 1 aliphatic rings. The minimum atomic E-state index is -4.53. The lowest BCUT2D eigenvalue weighted by Crippen LogP contribution is -2.42. The zero-order valence-electron chi connectivity index (χ0n) is 11.9. The summed E-state index contributed by atoms with van der Waals surface area (Å²) in [5.74, 6) is -0.368. The van der Waals surface area contributed by atoms with Gasteiger partial charge in [-0.1, -0.05) is 18.2 Å². The molecule has 1 aromatic rings. The molecule has 0 saturated carbocycles. The second-order valence-electron chi connectivity index (χ2n) is 5.32. The van der Waals surface area contributed by atoms with Crippen LogP contribution in [0.5, 0.6) is 0 Å². The van der Waals surface area contributed by atoms with Gasteiger partial charge in [0.1, 0.15) is 5.54 Å². The smallest absolute Gasteiger partial charge is 0.338 e. The Bertz CT molecular complexity index is 595. The van der Waals surface area contributed by atoms with Crippen molar-refractivity contribution in [2.75, 3.05) is 0 Å². The Labute approximate surface area is 120 Å². The maximum absolute atomic E-state index is 13.1. The van der Waals surface area contributed by atoms with Crippen LogP contribution < -0.4 is 10.6 Å². The molecule has 1 unspecified atom stereocenters. The summed E-state index contributed by atoms with van der Waals surface area (Å²) >= 11 is 0. The van der Waals surface area contributed by atoms with Crippen LogP contribution in [0.1, 0.15) is 31.9 Å². The number of hydrogen-bond donors (Lipinski definition) is 2. The molecular weight excluding hydrogens is 283 g/mol. The van der Waals surface area contributed by atoms with Crippen LogP contribution in [0.4, 0.5) is 13.2 Å². The molecule has 0 spiro atoms. The SMILES string of the molecule is CC(C)N=C1NC(=O)C(C)(c2ccccc2C(F)(F)F)N1. The highest BCUT2D eigenvalue weighted by Crippen LogP contribution is 2.37. The van der Waals surface area contributed by atoms with Gasteiger partial charge in [0, 0.05) is 6.04 Å². The first kappa shape index (κ1) is 15.3. The van der Waals surface area contributed by atoms with E-state index in [9.17, 15) is 18.0 Å². The van der Waals surface area contributed by atoms with Crippen LogP contribution in [0.15, 0.2) is 29.3 Å². The van der Waals surface area contributed by atoms with Crippen molar-refractivity contribution in [2.24, 2.45) is 4.99 Å². The summed E-state index contributed by atoms with van der Waals surface area (Å²) in [6.07, 6.45) is -4.53. The van der Waals surface area contributed by atoms with E-state index in [1.807, 2.05) is 0 Å². The summed E-state index contributed by atoms with van der Waals surface area (Å²) in [6.45, 7) is 5.02. The van der Waals surface area contributed by atoms with Crippen molar-refractivity contribution in [2.45, 2.75) is 38.5 Å². The molecule has 7 heteroatoms. The highest BCUT2D eigenvalue weighted by Gasteiger charge is 2.47. The molecule has 1 amide bonds. The molecule has 4 nitrogen and oxygen atoms in total. The predicted octanol–water partition coefficient (Wildman–Crippen LogP) is 2.40. The summed E-state index contributed by atoms with van der Waals surface area (Å²) in [5, 5.41) is 5.25. The maximum atomic E-state index is 13.1. The average Bonchev–Trinajstić information content (AvgIpc) is 2.63. The number of aliphatic imine (C=N–C) groups is 1. The largest absolute Gasteiger partial charge is 0.416 e. The number of benzene rings is 1. The lowest BCUT2D eigenvalue weighted by molar-refractivity contribution is -0.139. The number of carbonyl (C=O) groups excluding carboxylic acids is 1. The normalized spacial score (nSPS) is 24.3. The van der Waals surface area contributed by atoms with Crippen molar-refractivity contribution in [3.05, 3.63) is 35.4 Å². The average molecular weight is 299 g/mol. The Morgan fingerprint density at radius 1 is 1.24 bits per heavy atom. The van der Waals surface area contributed by atoms with E-state index >= 15 is 0 Å². The van der Waals surface area contributed by atoms with Gasteiger partial charge in [-0.25, -0.2) is 0 Å².